The zero-order valence-electron chi connectivity index (χ0n) is 11.6. The van der Waals surface area contributed by atoms with E-state index in [1.807, 2.05) is 0 Å². The molecule has 0 fully saturated rings. The summed E-state index contributed by atoms with van der Waals surface area (Å²) in [7, 11) is 1.43. The van der Waals surface area contributed by atoms with Crippen molar-refractivity contribution in [2.75, 3.05) is 7.11 Å². The Morgan fingerprint density at radius 2 is 2.00 bits per heavy atom. The molecule has 0 radical (unpaired) electrons. The normalized spacial score (nSPS) is 10.6. The van der Waals surface area contributed by atoms with E-state index in [-0.39, 0.29) is 22.4 Å². The smallest absolute Gasteiger partial charge is 0.200 e. The second kappa shape index (κ2) is 5.33. The Balaban J connectivity index is 2.22. The lowest BCUT2D eigenvalue weighted by atomic mass is 10.0. The van der Waals surface area contributed by atoms with Crippen LogP contribution in [0.2, 0.25) is 0 Å². The third-order valence-electron chi connectivity index (χ3n) is 3.35. The largest absolute Gasteiger partial charge is 0.508 e. The molecule has 0 atom stereocenters. The molecule has 3 rings (SSSR count). The van der Waals surface area contributed by atoms with E-state index in [9.17, 15) is 14.8 Å². The highest BCUT2D eigenvalue weighted by molar-refractivity contribution is 5.83. The van der Waals surface area contributed by atoms with Gasteiger partial charge in [0.2, 0.25) is 0 Å². The van der Waals surface area contributed by atoms with E-state index in [2.05, 4.69) is 5.18 Å². The van der Waals surface area contributed by atoms with Crippen molar-refractivity contribution in [1.82, 2.24) is 0 Å². The summed E-state index contributed by atoms with van der Waals surface area (Å²) in [5.41, 5.74) is 0.925. The molecule has 3 aromatic rings. The molecule has 1 aromatic heterocycles. The Labute approximate surface area is 124 Å². The number of hydrogen-bond donors (Lipinski definition) is 1. The molecule has 0 saturated heterocycles. The fourth-order valence-corrected chi connectivity index (χ4v) is 2.25. The van der Waals surface area contributed by atoms with Gasteiger partial charge in [-0.25, -0.2) is 0 Å². The molecule has 1 heterocycles. The number of ether oxygens (including phenoxy) is 1. The molecule has 6 heteroatoms. The number of fused-ring (bicyclic) bond motifs is 1. The van der Waals surface area contributed by atoms with Crippen molar-refractivity contribution in [3.8, 4) is 22.6 Å². The van der Waals surface area contributed by atoms with Crippen LogP contribution in [-0.2, 0) is 0 Å². The van der Waals surface area contributed by atoms with Gasteiger partial charge in [-0.2, -0.15) is 0 Å². The molecule has 6 nitrogen and oxygen atoms in total. The van der Waals surface area contributed by atoms with Gasteiger partial charge in [0.1, 0.15) is 29.0 Å². The predicted molar refractivity (Wildman–Crippen MR) is 81.6 cm³/mol. The average molecular weight is 297 g/mol. The minimum absolute atomic E-state index is 0.0142. The second-order valence-corrected chi connectivity index (χ2v) is 4.64. The van der Waals surface area contributed by atoms with Gasteiger partial charge in [-0.05, 0) is 35.0 Å². The first-order valence-corrected chi connectivity index (χ1v) is 6.40. The molecular formula is C16H11NO5. The summed E-state index contributed by atoms with van der Waals surface area (Å²) in [5, 5.41) is 12.6. The number of hydrogen-bond acceptors (Lipinski definition) is 6. The molecule has 0 bridgehead atoms. The molecular weight excluding hydrogens is 286 g/mol. The lowest BCUT2D eigenvalue weighted by Crippen LogP contribution is -2.04. The van der Waals surface area contributed by atoms with Gasteiger partial charge in [0, 0.05) is 6.07 Å². The van der Waals surface area contributed by atoms with Gasteiger partial charge in [-0.1, -0.05) is 6.07 Å². The van der Waals surface area contributed by atoms with E-state index in [0.29, 0.717) is 22.3 Å². The maximum Gasteiger partial charge on any atom is 0.200 e. The lowest BCUT2D eigenvalue weighted by Gasteiger charge is -2.06. The lowest BCUT2D eigenvalue weighted by molar-refractivity contribution is 0.416. The highest BCUT2D eigenvalue weighted by atomic mass is 16.5. The molecule has 0 spiro atoms. The maximum absolute atomic E-state index is 12.5. The van der Waals surface area contributed by atoms with Crippen molar-refractivity contribution < 1.29 is 14.3 Å². The van der Waals surface area contributed by atoms with Crippen LogP contribution in [0.25, 0.3) is 22.1 Å². The van der Waals surface area contributed by atoms with Crippen molar-refractivity contribution >= 4 is 16.7 Å². The van der Waals surface area contributed by atoms with Gasteiger partial charge in [0.15, 0.2) is 5.43 Å². The molecule has 0 aliphatic carbocycles. The third-order valence-corrected chi connectivity index (χ3v) is 3.35. The minimum atomic E-state index is -0.261. The summed E-state index contributed by atoms with van der Waals surface area (Å²) < 4.78 is 10.4. The predicted octanol–water partition coefficient (Wildman–Crippen LogP) is 3.57. The summed E-state index contributed by atoms with van der Waals surface area (Å²) in [6, 6.07) is 8.94. The molecule has 110 valence electrons. The quantitative estimate of drug-likeness (QED) is 0.746. The molecule has 0 aliphatic heterocycles. The topological polar surface area (TPSA) is 89.1 Å². The van der Waals surface area contributed by atoms with Crippen LogP contribution in [0.15, 0.2) is 57.0 Å². The summed E-state index contributed by atoms with van der Waals surface area (Å²) >= 11 is 0. The van der Waals surface area contributed by atoms with E-state index >= 15 is 0 Å². The number of phenols is 1. The summed E-state index contributed by atoms with van der Waals surface area (Å²) in [5.74, 6) is 0.342. The van der Waals surface area contributed by atoms with Crippen LogP contribution in [0.4, 0.5) is 5.69 Å². The van der Waals surface area contributed by atoms with Gasteiger partial charge in [-0.15, -0.1) is 4.91 Å². The van der Waals surface area contributed by atoms with Crippen LogP contribution >= 0.6 is 0 Å². The Morgan fingerprint density at radius 3 is 2.73 bits per heavy atom. The van der Waals surface area contributed by atoms with E-state index in [1.54, 1.807) is 12.1 Å². The standard InChI is InChI=1S/C16H11NO5/c1-21-14-5-2-9(6-13(14)17-20)12-8-22-15-7-10(18)3-4-11(15)16(12)19/h2-8,18H,1H3. The van der Waals surface area contributed by atoms with Crippen molar-refractivity contribution in [1.29, 1.82) is 0 Å². The van der Waals surface area contributed by atoms with E-state index in [4.69, 9.17) is 9.15 Å². The van der Waals surface area contributed by atoms with Crippen molar-refractivity contribution in [2.45, 2.75) is 0 Å². The van der Waals surface area contributed by atoms with E-state index in [1.165, 1.54) is 37.6 Å². The fraction of sp³-hybridized carbons (Fsp3) is 0.0625. The number of rotatable bonds is 3. The van der Waals surface area contributed by atoms with Gasteiger partial charge >= 0.3 is 0 Å². The number of nitroso groups, excluding NO2 is 1. The number of methoxy groups -OCH3 is 1. The molecule has 0 amide bonds. The Kier molecular flexibility index (Phi) is 3.34. The zero-order chi connectivity index (χ0) is 15.7. The third kappa shape index (κ3) is 2.20. The number of nitrogens with zero attached hydrogens (tertiary/aromatic N) is 1. The molecule has 22 heavy (non-hydrogen) atoms. The highest BCUT2D eigenvalue weighted by Crippen LogP contribution is 2.32. The summed E-state index contributed by atoms with van der Waals surface area (Å²) in [4.78, 5) is 23.4. The van der Waals surface area contributed by atoms with Gasteiger partial charge in [0.05, 0.1) is 18.1 Å². The maximum atomic E-state index is 12.5. The van der Waals surface area contributed by atoms with Crippen LogP contribution < -0.4 is 10.2 Å². The van der Waals surface area contributed by atoms with Crippen molar-refractivity contribution in [3.63, 3.8) is 0 Å². The highest BCUT2D eigenvalue weighted by Gasteiger charge is 2.12. The number of aromatic hydroxyl groups is 1. The Hall–Kier alpha value is -3.15. The van der Waals surface area contributed by atoms with Crippen molar-refractivity contribution in [2.24, 2.45) is 5.18 Å². The molecule has 1 N–H and O–H groups in total. The summed E-state index contributed by atoms with van der Waals surface area (Å²) in [6.07, 6.45) is 1.29. The minimum Gasteiger partial charge on any atom is -0.508 e. The van der Waals surface area contributed by atoms with Crippen LogP contribution in [0, 0.1) is 4.91 Å². The van der Waals surface area contributed by atoms with E-state index in [0.717, 1.165) is 0 Å². The molecule has 2 aromatic carbocycles. The fourth-order valence-electron chi connectivity index (χ4n) is 2.25. The van der Waals surface area contributed by atoms with E-state index < -0.39 is 0 Å². The second-order valence-electron chi connectivity index (χ2n) is 4.64. The van der Waals surface area contributed by atoms with Crippen LogP contribution in [-0.4, -0.2) is 12.2 Å². The van der Waals surface area contributed by atoms with Gasteiger partial charge in [0.25, 0.3) is 0 Å². The van der Waals surface area contributed by atoms with Crippen LogP contribution in [0.1, 0.15) is 0 Å². The van der Waals surface area contributed by atoms with Gasteiger partial charge in [-0.3, -0.25) is 4.79 Å². The SMILES string of the molecule is COc1ccc(-c2coc3cc(O)ccc3c2=O)cc1N=O. The molecule has 0 aliphatic rings. The van der Waals surface area contributed by atoms with Gasteiger partial charge < -0.3 is 14.3 Å². The Bertz CT molecular complexity index is 929. The molecule has 0 saturated carbocycles. The molecule has 0 unspecified atom stereocenters. The first-order valence-electron chi connectivity index (χ1n) is 6.40. The zero-order valence-corrected chi connectivity index (χ0v) is 11.6. The van der Waals surface area contributed by atoms with Crippen LogP contribution in [0.5, 0.6) is 11.5 Å². The van der Waals surface area contributed by atoms with Crippen LogP contribution in [0.3, 0.4) is 0 Å². The number of phenolic OH excluding ortho intramolecular Hbond substituents is 1. The first-order chi connectivity index (χ1) is 10.6. The monoisotopic (exact) mass is 297 g/mol. The van der Waals surface area contributed by atoms with Crippen molar-refractivity contribution in [3.05, 3.63) is 57.8 Å². The number of benzene rings is 2. The first kappa shape index (κ1) is 13.8. The Morgan fingerprint density at radius 1 is 1.18 bits per heavy atom. The summed E-state index contributed by atoms with van der Waals surface area (Å²) in [6.45, 7) is 0. The average Bonchev–Trinajstić information content (AvgIpc) is 2.54.